The third-order valence-corrected chi connectivity index (χ3v) is 7.32. The zero-order valence-corrected chi connectivity index (χ0v) is 17.4. The van der Waals surface area contributed by atoms with Crippen LogP contribution < -0.4 is 0 Å². The molecule has 0 aliphatic heterocycles. The molecular formula is C24H37F3O. The summed E-state index contributed by atoms with van der Waals surface area (Å²) in [4.78, 5) is 0. The van der Waals surface area contributed by atoms with Crippen molar-refractivity contribution in [2.24, 2.45) is 23.7 Å². The maximum absolute atomic E-state index is 12.3. The molecule has 3 aliphatic rings. The minimum absolute atomic E-state index is 0.426. The van der Waals surface area contributed by atoms with Crippen molar-refractivity contribution in [3.8, 4) is 0 Å². The van der Waals surface area contributed by atoms with Crippen LogP contribution in [0.2, 0.25) is 0 Å². The van der Waals surface area contributed by atoms with Gasteiger partial charge >= 0.3 is 6.18 Å². The van der Waals surface area contributed by atoms with E-state index in [9.17, 15) is 13.2 Å². The van der Waals surface area contributed by atoms with Crippen molar-refractivity contribution in [2.75, 3.05) is 6.61 Å². The highest BCUT2D eigenvalue weighted by Gasteiger charge is 2.32. The van der Waals surface area contributed by atoms with Crippen LogP contribution in [0.1, 0.15) is 84.0 Å². The Balaban J connectivity index is 1.37. The maximum atomic E-state index is 12.3. The summed E-state index contributed by atoms with van der Waals surface area (Å²) in [5.41, 5.74) is 1.33. The van der Waals surface area contributed by atoms with Gasteiger partial charge in [0.2, 0.25) is 0 Å². The maximum Gasteiger partial charge on any atom is 0.411 e. The van der Waals surface area contributed by atoms with E-state index in [4.69, 9.17) is 4.74 Å². The summed E-state index contributed by atoms with van der Waals surface area (Å²) in [6.07, 6.45) is 16.9. The van der Waals surface area contributed by atoms with Crippen LogP contribution in [0.5, 0.6) is 0 Å². The Hall–Kier alpha value is -0.770. The molecule has 28 heavy (non-hydrogen) atoms. The Bertz CT molecular complexity index is 520. The number of halogens is 3. The van der Waals surface area contributed by atoms with Crippen molar-refractivity contribution in [3.63, 3.8) is 0 Å². The van der Waals surface area contributed by atoms with E-state index in [1.54, 1.807) is 0 Å². The van der Waals surface area contributed by atoms with Crippen molar-refractivity contribution in [3.05, 3.63) is 23.8 Å². The van der Waals surface area contributed by atoms with Crippen LogP contribution in [0.3, 0.4) is 0 Å². The van der Waals surface area contributed by atoms with Gasteiger partial charge in [-0.05, 0) is 74.2 Å². The molecule has 0 radical (unpaired) electrons. The SMILES string of the molecule is CCCC[C@H]1CC[C@H](C2CCC(C3=CCC(OCC(F)(F)F)C=C3)CC2)CC1. The first-order valence-electron chi connectivity index (χ1n) is 11.5. The predicted octanol–water partition coefficient (Wildman–Crippen LogP) is 7.62. The molecule has 0 spiro atoms. The highest BCUT2D eigenvalue weighted by atomic mass is 19.4. The lowest BCUT2D eigenvalue weighted by Crippen LogP contribution is -2.27. The molecule has 3 rings (SSSR count). The molecule has 0 saturated heterocycles. The highest BCUT2D eigenvalue weighted by molar-refractivity contribution is 5.27. The molecule has 1 atom stereocenters. The summed E-state index contributed by atoms with van der Waals surface area (Å²) in [6, 6.07) is 0. The number of unbranched alkanes of at least 4 members (excludes halogenated alkanes) is 1. The predicted molar refractivity (Wildman–Crippen MR) is 108 cm³/mol. The fourth-order valence-corrected chi connectivity index (χ4v) is 5.61. The average molecular weight is 399 g/mol. The zero-order valence-electron chi connectivity index (χ0n) is 17.4. The summed E-state index contributed by atoms with van der Waals surface area (Å²) in [6.45, 7) is 1.13. The molecule has 160 valence electrons. The third-order valence-electron chi connectivity index (χ3n) is 7.32. The molecule has 0 aromatic rings. The summed E-state index contributed by atoms with van der Waals surface area (Å²) in [7, 11) is 0. The first kappa shape index (κ1) is 21.9. The van der Waals surface area contributed by atoms with E-state index in [0.717, 1.165) is 17.8 Å². The van der Waals surface area contributed by atoms with E-state index < -0.39 is 18.9 Å². The monoisotopic (exact) mass is 398 g/mol. The van der Waals surface area contributed by atoms with E-state index in [1.165, 1.54) is 76.2 Å². The molecule has 0 heterocycles. The van der Waals surface area contributed by atoms with E-state index in [-0.39, 0.29) is 0 Å². The molecule has 0 N–H and O–H groups in total. The molecule has 4 heteroatoms. The van der Waals surface area contributed by atoms with Crippen molar-refractivity contribution in [2.45, 2.75) is 96.3 Å². The van der Waals surface area contributed by atoms with Crippen LogP contribution in [0.4, 0.5) is 13.2 Å². The van der Waals surface area contributed by atoms with Crippen LogP contribution in [-0.2, 0) is 4.74 Å². The second-order valence-corrected chi connectivity index (χ2v) is 9.30. The van der Waals surface area contributed by atoms with Gasteiger partial charge in [-0.3, -0.25) is 0 Å². The van der Waals surface area contributed by atoms with Crippen LogP contribution in [0, 0.1) is 23.7 Å². The fourth-order valence-electron chi connectivity index (χ4n) is 5.61. The number of alkyl halides is 3. The molecule has 0 amide bonds. The van der Waals surface area contributed by atoms with Gasteiger partial charge in [0.15, 0.2) is 0 Å². The van der Waals surface area contributed by atoms with Crippen LogP contribution in [0.15, 0.2) is 23.8 Å². The van der Waals surface area contributed by atoms with Gasteiger partial charge in [0.05, 0.1) is 6.10 Å². The number of rotatable bonds is 7. The first-order chi connectivity index (χ1) is 13.4. The van der Waals surface area contributed by atoms with Crippen molar-refractivity contribution in [1.29, 1.82) is 0 Å². The van der Waals surface area contributed by atoms with Gasteiger partial charge in [0, 0.05) is 0 Å². The molecule has 0 aromatic carbocycles. The number of allylic oxidation sites excluding steroid dienone is 2. The largest absolute Gasteiger partial charge is 0.411 e. The number of ether oxygens (including phenoxy) is 1. The number of hydrogen-bond donors (Lipinski definition) is 0. The quantitative estimate of drug-likeness (QED) is 0.428. The van der Waals surface area contributed by atoms with Crippen LogP contribution in [-0.4, -0.2) is 18.9 Å². The smallest absolute Gasteiger partial charge is 0.364 e. The Kier molecular flexibility index (Phi) is 8.08. The minimum Gasteiger partial charge on any atom is -0.364 e. The Morgan fingerprint density at radius 2 is 1.61 bits per heavy atom. The summed E-state index contributed by atoms with van der Waals surface area (Å²) in [5.74, 6) is 3.42. The van der Waals surface area contributed by atoms with Crippen molar-refractivity contribution < 1.29 is 17.9 Å². The average Bonchev–Trinajstić information content (AvgIpc) is 2.71. The Morgan fingerprint density at radius 1 is 0.964 bits per heavy atom. The topological polar surface area (TPSA) is 9.23 Å². The van der Waals surface area contributed by atoms with Gasteiger partial charge in [-0.15, -0.1) is 0 Å². The summed E-state index contributed by atoms with van der Waals surface area (Å²) >= 11 is 0. The van der Waals surface area contributed by atoms with Crippen molar-refractivity contribution >= 4 is 0 Å². The van der Waals surface area contributed by atoms with Crippen LogP contribution >= 0.6 is 0 Å². The van der Waals surface area contributed by atoms with Gasteiger partial charge in [-0.1, -0.05) is 57.3 Å². The lowest BCUT2D eigenvalue weighted by Gasteiger charge is -2.38. The van der Waals surface area contributed by atoms with Gasteiger partial charge < -0.3 is 4.74 Å². The van der Waals surface area contributed by atoms with Gasteiger partial charge in [-0.25, -0.2) is 0 Å². The Labute approximate surface area is 168 Å². The summed E-state index contributed by atoms with van der Waals surface area (Å²) < 4.78 is 41.8. The third kappa shape index (κ3) is 6.64. The van der Waals surface area contributed by atoms with Crippen molar-refractivity contribution in [1.82, 2.24) is 0 Å². The molecule has 1 nitrogen and oxygen atoms in total. The molecule has 2 fully saturated rings. The highest BCUT2D eigenvalue weighted by Crippen LogP contribution is 2.44. The molecule has 0 bridgehead atoms. The van der Waals surface area contributed by atoms with Crippen LogP contribution in [0.25, 0.3) is 0 Å². The molecule has 0 aromatic heterocycles. The van der Waals surface area contributed by atoms with E-state index in [1.807, 2.05) is 12.2 Å². The lowest BCUT2D eigenvalue weighted by molar-refractivity contribution is -0.180. The Morgan fingerprint density at radius 3 is 2.14 bits per heavy atom. The second-order valence-electron chi connectivity index (χ2n) is 9.30. The standard InChI is InChI=1S/C24H37F3O/c1-2-3-4-18-5-7-19(8-6-18)20-9-11-21(12-10-20)22-13-15-23(16-14-22)28-17-24(25,26)27/h13-15,18-21,23H,2-12,16-17H2,1H3/t18-,19-,20?,21?,23?. The zero-order chi connectivity index (χ0) is 20.0. The van der Waals surface area contributed by atoms with Gasteiger partial charge in [0.25, 0.3) is 0 Å². The van der Waals surface area contributed by atoms with E-state index in [0.29, 0.717) is 12.3 Å². The first-order valence-corrected chi connectivity index (χ1v) is 11.5. The summed E-state index contributed by atoms with van der Waals surface area (Å²) in [5, 5.41) is 0. The van der Waals surface area contributed by atoms with E-state index in [2.05, 4.69) is 13.0 Å². The molecule has 3 aliphatic carbocycles. The fraction of sp³-hybridized carbons (Fsp3) is 0.833. The molecular weight excluding hydrogens is 361 g/mol. The van der Waals surface area contributed by atoms with Gasteiger partial charge in [-0.2, -0.15) is 13.2 Å². The normalized spacial score (nSPS) is 34.3. The second kappa shape index (κ2) is 10.3. The minimum atomic E-state index is -4.24. The van der Waals surface area contributed by atoms with Gasteiger partial charge in [0.1, 0.15) is 6.61 Å². The lowest BCUT2D eigenvalue weighted by atomic mass is 9.67. The molecule has 2 saturated carbocycles. The number of hydrogen-bond acceptors (Lipinski definition) is 1. The molecule has 1 unspecified atom stereocenters. The van der Waals surface area contributed by atoms with E-state index >= 15 is 0 Å².